The average molecular weight is 362 g/mol. The van der Waals surface area contributed by atoms with Gasteiger partial charge in [-0.1, -0.05) is 5.16 Å². The minimum atomic E-state index is -0.263. The second kappa shape index (κ2) is 8.88. The third-order valence-electron chi connectivity index (χ3n) is 3.02. The smallest absolute Gasteiger partial charge is 0.251 e. The minimum Gasteiger partial charge on any atom is -0.360 e. The fraction of sp³-hybridized carbons (Fsp3) is 0.250. The predicted molar refractivity (Wildman–Crippen MR) is 95.7 cm³/mol. The number of nitrogens with zero attached hydrogens (tertiary/aromatic N) is 1. The zero-order valence-corrected chi connectivity index (χ0v) is 14.6. The van der Waals surface area contributed by atoms with Crippen molar-refractivity contribution in [2.75, 3.05) is 29.2 Å². The van der Waals surface area contributed by atoms with Gasteiger partial charge in [-0.25, -0.2) is 0 Å². The molecule has 0 atom stereocenters. The Hall–Kier alpha value is -2.81. The Morgan fingerprint density at radius 3 is 2.28 bits per heavy atom. The van der Waals surface area contributed by atoms with Gasteiger partial charge in [0.1, 0.15) is 5.76 Å². The van der Waals surface area contributed by atoms with E-state index in [1.165, 1.54) is 11.8 Å². The Morgan fingerprint density at radius 1 is 1.08 bits per heavy atom. The highest BCUT2D eigenvalue weighted by molar-refractivity contribution is 8.00. The molecule has 1 aromatic heterocycles. The number of carbonyl (C=O) groups excluding carboxylic acids is 3. The average Bonchev–Trinajstić information content (AvgIpc) is 2.99. The number of anilines is 2. The van der Waals surface area contributed by atoms with Crippen molar-refractivity contribution in [2.24, 2.45) is 0 Å². The summed E-state index contributed by atoms with van der Waals surface area (Å²) in [7, 11) is 1.55. The lowest BCUT2D eigenvalue weighted by Gasteiger charge is -2.06. The second-order valence-corrected chi connectivity index (χ2v) is 6.05. The van der Waals surface area contributed by atoms with Gasteiger partial charge in [0, 0.05) is 24.4 Å². The molecular formula is C16H18N4O4S. The van der Waals surface area contributed by atoms with Crippen LogP contribution in [0.1, 0.15) is 16.1 Å². The summed E-state index contributed by atoms with van der Waals surface area (Å²) in [5.41, 5.74) is 1.09. The summed E-state index contributed by atoms with van der Waals surface area (Å²) >= 11 is 1.18. The lowest BCUT2D eigenvalue weighted by atomic mass is 10.2. The molecule has 8 nitrogen and oxygen atoms in total. The lowest BCUT2D eigenvalue weighted by molar-refractivity contribution is -0.114. The summed E-state index contributed by atoms with van der Waals surface area (Å²) in [6.07, 6.45) is 0. The molecule has 25 heavy (non-hydrogen) atoms. The topological polar surface area (TPSA) is 113 Å². The molecule has 3 amide bonds. The van der Waals surface area contributed by atoms with Crippen LogP contribution in [0.2, 0.25) is 0 Å². The van der Waals surface area contributed by atoms with E-state index >= 15 is 0 Å². The van der Waals surface area contributed by atoms with Crippen molar-refractivity contribution in [2.45, 2.75) is 6.92 Å². The van der Waals surface area contributed by atoms with Gasteiger partial charge in [-0.3, -0.25) is 14.4 Å². The molecule has 0 bridgehead atoms. The molecule has 132 valence electrons. The summed E-state index contributed by atoms with van der Waals surface area (Å²) in [6.45, 7) is 1.73. The van der Waals surface area contributed by atoms with E-state index < -0.39 is 0 Å². The van der Waals surface area contributed by atoms with Crippen LogP contribution >= 0.6 is 11.8 Å². The van der Waals surface area contributed by atoms with E-state index in [1.807, 2.05) is 0 Å². The molecule has 2 rings (SSSR count). The highest BCUT2D eigenvalue weighted by Crippen LogP contribution is 2.11. The number of rotatable bonds is 7. The molecule has 2 aromatic rings. The molecular weight excluding hydrogens is 344 g/mol. The first-order chi connectivity index (χ1) is 12.0. The van der Waals surface area contributed by atoms with Crippen LogP contribution in [0.5, 0.6) is 0 Å². The first kappa shape index (κ1) is 18.5. The van der Waals surface area contributed by atoms with Gasteiger partial charge in [0.2, 0.25) is 11.8 Å². The molecule has 1 aromatic carbocycles. The number of aryl methyl sites for hydroxylation is 1. The van der Waals surface area contributed by atoms with Gasteiger partial charge in [0.25, 0.3) is 5.91 Å². The molecule has 9 heteroatoms. The minimum absolute atomic E-state index is 0.120. The highest BCUT2D eigenvalue weighted by atomic mass is 32.2. The third kappa shape index (κ3) is 5.96. The fourth-order valence-corrected chi connectivity index (χ4v) is 2.50. The van der Waals surface area contributed by atoms with E-state index in [2.05, 4.69) is 21.1 Å². The summed E-state index contributed by atoms with van der Waals surface area (Å²) in [5, 5.41) is 11.5. The summed E-state index contributed by atoms with van der Waals surface area (Å²) in [5.74, 6) is 0.510. The van der Waals surface area contributed by atoms with E-state index in [4.69, 9.17) is 4.52 Å². The van der Waals surface area contributed by atoms with Gasteiger partial charge < -0.3 is 20.5 Å². The maximum Gasteiger partial charge on any atom is 0.251 e. The Morgan fingerprint density at radius 2 is 1.72 bits per heavy atom. The van der Waals surface area contributed by atoms with Gasteiger partial charge in [-0.05, 0) is 31.2 Å². The summed E-state index contributed by atoms with van der Waals surface area (Å²) in [6, 6.07) is 8.14. The molecule has 0 fully saturated rings. The SMILES string of the molecule is CNC(=O)c1ccc(NC(=O)CSCC(=O)Nc2cc(C)on2)cc1. The number of benzene rings is 1. The van der Waals surface area contributed by atoms with Crippen LogP contribution in [-0.2, 0) is 9.59 Å². The molecule has 0 saturated heterocycles. The van der Waals surface area contributed by atoms with Crippen molar-refractivity contribution >= 4 is 41.0 Å². The number of amides is 3. The molecule has 0 unspecified atom stereocenters. The van der Waals surface area contributed by atoms with Crippen molar-refractivity contribution in [1.29, 1.82) is 0 Å². The third-order valence-corrected chi connectivity index (χ3v) is 3.95. The van der Waals surface area contributed by atoms with Gasteiger partial charge in [-0.15, -0.1) is 11.8 Å². The monoisotopic (exact) mass is 362 g/mol. The van der Waals surface area contributed by atoms with Crippen molar-refractivity contribution in [3.05, 3.63) is 41.7 Å². The molecule has 0 aliphatic heterocycles. The standard InChI is InChI=1S/C16H18N4O4S/c1-10-7-13(20-24-10)19-15(22)9-25-8-14(21)18-12-5-3-11(4-6-12)16(23)17-2/h3-7H,8-9H2,1-2H3,(H,17,23)(H,18,21)(H,19,20,22). The van der Waals surface area contributed by atoms with E-state index in [0.717, 1.165) is 0 Å². The van der Waals surface area contributed by atoms with Crippen LogP contribution in [0.15, 0.2) is 34.9 Å². The quantitative estimate of drug-likeness (QED) is 0.690. The zero-order valence-electron chi connectivity index (χ0n) is 13.8. The van der Waals surface area contributed by atoms with Crippen LogP contribution < -0.4 is 16.0 Å². The Labute approximate surface area is 148 Å². The second-order valence-electron chi connectivity index (χ2n) is 5.07. The van der Waals surface area contributed by atoms with E-state index in [9.17, 15) is 14.4 Å². The number of hydrogen-bond donors (Lipinski definition) is 3. The number of thioether (sulfide) groups is 1. The van der Waals surface area contributed by atoms with Crippen molar-refractivity contribution < 1.29 is 18.9 Å². The summed E-state index contributed by atoms with van der Waals surface area (Å²) < 4.78 is 4.84. The molecule has 0 aliphatic rings. The van der Waals surface area contributed by atoms with Crippen LogP contribution in [0.3, 0.4) is 0 Å². The van der Waals surface area contributed by atoms with E-state index in [0.29, 0.717) is 22.8 Å². The van der Waals surface area contributed by atoms with Crippen LogP contribution in [0.25, 0.3) is 0 Å². The molecule has 0 saturated carbocycles. The Kier molecular flexibility index (Phi) is 6.58. The largest absolute Gasteiger partial charge is 0.360 e. The first-order valence-electron chi connectivity index (χ1n) is 7.41. The van der Waals surface area contributed by atoms with Crippen molar-refractivity contribution in [1.82, 2.24) is 10.5 Å². The number of carbonyl (C=O) groups is 3. The Balaban J connectivity index is 1.71. The molecule has 0 radical (unpaired) electrons. The summed E-state index contributed by atoms with van der Waals surface area (Å²) in [4.78, 5) is 35.0. The van der Waals surface area contributed by atoms with Gasteiger partial charge in [0.05, 0.1) is 11.5 Å². The highest BCUT2D eigenvalue weighted by Gasteiger charge is 2.09. The van der Waals surface area contributed by atoms with Gasteiger partial charge in [0.15, 0.2) is 5.82 Å². The molecule has 0 spiro atoms. The maximum absolute atomic E-state index is 11.9. The lowest BCUT2D eigenvalue weighted by Crippen LogP contribution is -2.19. The van der Waals surface area contributed by atoms with Gasteiger partial charge >= 0.3 is 0 Å². The molecule has 3 N–H and O–H groups in total. The van der Waals surface area contributed by atoms with Crippen molar-refractivity contribution in [3.8, 4) is 0 Å². The maximum atomic E-state index is 11.9. The van der Waals surface area contributed by atoms with E-state index in [1.54, 1.807) is 44.3 Å². The first-order valence-corrected chi connectivity index (χ1v) is 8.56. The number of aromatic nitrogens is 1. The fourth-order valence-electron chi connectivity index (χ4n) is 1.89. The number of hydrogen-bond acceptors (Lipinski definition) is 6. The van der Waals surface area contributed by atoms with Crippen LogP contribution in [0, 0.1) is 6.92 Å². The number of nitrogens with one attached hydrogen (secondary N) is 3. The Bertz CT molecular complexity index is 758. The van der Waals surface area contributed by atoms with E-state index in [-0.39, 0.29) is 29.2 Å². The van der Waals surface area contributed by atoms with Crippen LogP contribution in [-0.4, -0.2) is 41.4 Å². The van der Waals surface area contributed by atoms with Gasteiger partial charge in [-0.2, -0.15) is 0 Å². The molecule has 0 aliphatic carbocycles. The van der Waals surface area contributed by atoms with Crippen LogP contribution in [0.4, 0.5) is 11.5 Å². The normalized spacial score (nSPS) is 10.2. The predicted octanol–water partition coefficient (Wildman–Crippen LogP) is 1.65. The van der Waals surface area contributed by atoms with Crippen molar-refractivity contribution in [3.63, 3.8) is 0 Å². The zero-order chi connectivity index (χ0) is 18.2. The molecule has 1 heterocycles.